The summed E-state index contributed by atoms with van der Waals surface area (Å²) < 4.78 is 25.4. The predicted molar refractivity (Wildman–Crippen MR) is 86.7 cm³/mol. The van der Waals surface area contributed by atoms with E-state index < -0.39 is 9.84 Å². The highest BCUT2D eigenvalue weighted by atomic mass is 32.2. The molecule has 120 valence electrons. The normalized spacial score (nSPS) is 28.9. The summed E-state index contributed by atoms with van der Waals surface area (Å²) in [5.74, 6) is 1.29. The molecule has 3 unspecified atom stereocenters. The molecule has 0 spiro atoms. The summed E-state index contributed by atoms with van der Waals surface area (Å²) in [4.78, 5) is 0. The van der Waals surface area contributed by atoms with Crippen LogP contribution in [0.5, 0.6) is 0 Å². The first-order valence-electron chi connectivity index (χ1n) is 7.96. The van der Waals surface area contributed by atoms with Crippen molar-refractivity contribution in [3.63, 3.8) is 0 Å². The molecule has 1 aliphatic rings. The van der Waals surface area contributed by atoms with E-state index in [9.17, 15) is 8.42 Å². The topological polar surface area (TPSA) is 46.2 Å². The minimum Gasteiger partial charge on any atom is -0.316 e. The van der Waals surface area contributed by atoms with Gasteiger partial charge in [-0.2, -0.15) is 0 Å². The van der Waals surface area contributed by atoms with Crippen LogP contribution < -0.4 is 5.32 Å². The summed E-state index contributed by atoms with van der Waals surface area (Å²) in [5.41, 5.74) is 0.199. The van der Waals surface area contributed by atoms with Crippen LogP contribution in [0.1, 0.15) is 60.3 Å². The van der Waals surface area contributed by atoms with Crippen LogP contribution in [0.4, 0.5) is 0 Å². The first-order chi connectivity index (χ1) is 9.08. The number of sulfone groups is 1. The van der Waals surface area contributed by atoms with E-state index in [0.29, 0.717) is 17.6 Å². The molecule has 1 aliphatic carbocycles. The Labute approximate surface area is 125 Å². The summed E-state index contributed by atoms with van der Waals surface area (Å²) in [6, 6.07) is 0.130. The van der Waals surface area contributed by atoms with Crippen molar-refractivity contribution in [1.82, 2.24) is 5.32 Å². The van der Waals surface area contributed by atoms with Crippen molar-refractivity contribution in [2.24, 2.45) is 17.3 Å². The average Bonchev–Trinajstić information content (AvgIpc) is 2.34. The molecule has 3 atom stereocenters. The summed E-state index contributed by atoms with van der Waals surface area (Å²) in [7, 11) is -1.10. The average molecular weight is 304 g/mol. The fourth-order valence-electron chi connectivity index (χ4n) is 3.19. The molecule has 0 aliphatic heterocycles. The van der Waals surface area contributed by atoms with E-state index in [1.807, 2.05) is 7.05 Å². The summed E-state index contributed by atoms with van der Waals surface area (Å²) in [5, 5.41) is 3.04. The van der Waals surface area contributed by atoms with Gasteiger partial charge in [-0.15, -0.1) is 0 Å². The molecule has 0 aromatic rings. The lowest BCUT2D eigenvalue weighted by Gasteiger charge is -2.41. The van der Waals surface area contributed by atoms with Crippen molar-refractivity contribution in [2.75, 3.05) is 12.8 Å². The fourth-order valence-corrected chi connectivity index (χ4v) is 5.60. The van der Waals surface area contributed by atoms with Gasteiger partial charge in [0, 0.05) is 6.04 Å². The second-order valence-electron chi connectivity index (χ2n) is 7.86. The molecule has 0 aromatic heterocycles. The lowest BCUT2D eigenvalue weighted by molar-refractivity contribution is 0.164. The van der Waals surface area contributed by atoms with Crippen LogP contribution in [0.15, 0.2) is 0 Å². The van der Waals surface area contributed by atoms with Crippen molar-refractivity contribution >= 4 is 9.84 Å². The molecule has 0 aromatic carbocycles. The molecule has 0 radical (unpaired) electrons. The van der Waals surface area contributed by atoms with E-state index in [1.165, 1.54) is 0 Å². The van der Waals surface area contributed by atoms with Crippen LogP contribution in [-0.2, 0) is 9.84 Å². The van der Waals surface area contributed by atoms with Crippen molar-refractivity contribution in [3.05, 3.63) is 0 Å². The van der Waals surface area contributed by atoms with Gasteiger partial charge in [-0.05, 0) is 50.0 Å². The van der Waals surface area contributed by atoms with Crippen molar-refractivity contribution < 1.29 is 8.42 Å². The molecule has 0 amide bonds. The van der Waals surface area contributed by atoms with E-state index in [2.05, 4.69) is 39.9 Å². The zero-order valence-corrected chi connectivity index (χ0v) is 14.9. The monoisotopic (exact) mass is 303 g/mol. The Morgan fingerprint density at radius 2 is 1.80 bits per heavy atom. The van der Waals surface area contributed by atoms with E-state index in [-0.39, 0.29) is 16.7 Å². The Morgan fingerprint density at radius 3 is 2.25 bits per heavy atom. The van der Waals surface area contributed by atoms with Crippen molar-refractivity contribution in [3.8, 4) is 0 Å². The number of hydrogen-bond acceptors (Lipinski definition) is 3. The maximum Gasteiger partial charge on any atom is 0.154 e. The number of rotatable bonds is 5. The standard InChI is InChI=1S/C16H33NO2S/c1-12(2)9-10-20(18,19)15-11-13(16(3,4)5)7-8-14(15)17-6/h12-15,17H,7-11H2,1-6H3. The van der Waals surface area contributed by atoms with Gasteiger partial charge < -0.3 is 5.32 Å². The molecular weight excluding hydrogens is 270 g/mol. The zero-order chi connectivity index (χ0) is 15.6. The van der Waals surface area contributed by atoms with E-state index >= 15 is 0 Å². The highest BCUT2D eigenvalue weighted by Gasteiger charge is 2.41. The maximum atomic E-state index is 12.7. The Hall–Kier alpha value is -0.0900. The summed E-state index contributed by atoms with van der Waals surface area (Å²) in [6.07, 6.45) is 3.69. The smallest absolute Gasteiger partial charge is 0.154 e. The third-order valence-electron chi connectivity index (χ3n) is 4.83. The fraction of sp³-hybridized carbons (Fsp3) is 1.00. The largest absolute Gasteiger partial charge is 0.316 e. The van der Waals surface area contributed by atoms with E-state index in [4.69, 9.17) is 0 Å². The first kappa shape index (κ1) is 18.0. The third kappa shape index (κ3) is 4.73. The van der Waals surface area contributed by atoms with E-state index in [1.54, 1.807) is 0 Å². The van der Waals surface area contributed by atoms with Crippen LogP contribution >= 0.6 is 0 Å². The van der Waals surface area contributed by atoms with Gasteiger partial charge in [-0.3, -0.25) is 0 Å². The van der Waals surface area contributed by atoms with Crippen LogP contribution in [0, 0.1) is 17.3 Å². The van der Waals surface area contributed by atoms with Crippen molar-refractivity contribution in [2.45, 2.75) is 71.6 Å². The molecule has 3 nitrogen and oxygen atoms in total. The van der Waals surface area contributed by atoms with Gasteiger partial charge in [0.1, 0.15) is 0 Å². The van der Waals surface area contributed by atoms with Gasteiger partial charge >= 0.3 is 0 Å². The Bertz CT molecular complexity index is 395. The van der Waals surface area contributed by atoms with Crippen LogP contribution in [0.2, 0.25) is 0 Å². The van der Waals surface area contributed by atoms with Crippen molar-refractivity contribution in [1.29, 1.82) is 0 Å². The molecule has 20 heavy (non-hydrogen) atoms. The maximum absolute atomic E-state index is 12.7. The molecule has 0 heterocycles. The highest BCUT2D eigenvalue weighted by Crippen LogP contribution is 2.40. The van der Waals surface area contributed by atoms with Gasteiger partial charge in [-0.25, -0.2) is 8.42 Å². The van der Waals surface area contributed by atoms with Gasteiger partial charge in [0.05, 0.1) is 11.0 Å². The molecule has 4 heteroatoms. The molecule has 1 saturated carbocycles. The SMILES string of the molecule is CNC1CCC(C(C)(C)C)CC1S(=O)(=O)CCC(C)C. The summed E-state index contributed by atoms with van der Waals surface area (Å²) >= 11 is 0. The quantitative estimate of drug-likeness (QED) is 0.848. The minimum absolute atomic E-state index is 0.130. The van der Waals surface area contributed by atoms with Crippen LogP contribution in [0.3, 0.4) is 0 Å². The minimum atomic E-state index is -3.00. The Kier molecular flexibility index (Phi) is 6.09. The summed E-state index contributed by atoms with van der Waals surface area (Å²) in [6.45, 7) is 10.9. The lowest BCUT2D eigenvalue weighted by atomic mass is 9.71. The Balaban J connectivity index is 2.86. The van der Waals surface area contributed by atoms with Crippen LogP contribution in [0.25, 0.3) is 0 Å². The number of hydrogen-bond donors (Lipinski definition) is 1. The first-order valence-corrected chi connectivity index (χ1v) is 9.68. The highest BCUT2D eigenvalue weighted by molar-refractivity contribution is 7.92. The zero-order valence-electron chi connectivity index (χ0n) is 14.1. The number of nitrogens with one attached hydrogen (secondary N) is 1. The Morgan fingerprint density at radius 1 is 1.20 bits per heavy atom. The molecule has 0 saturated heterocycles. The molecule has 1 fully saturated rings. The molecule has 1 rings (SSSR count). The van der Waals surface area contributed by atoms with Gasteiger partial charge in [0.25, 0.3) is 0 Å². The van der Waals surface area contributed by atoms with Crippen LogP contribution in [-0.4, -0.2) is 32.5 Å². The molecule has 0 bridgehead atoms. The molecular formula is C16H33NO2S. The molecule has 1 N–H and O–H groups in total. The van der Waals surface area contributed by atoms with Gasteiger partial charge in [-0.1, -0.05) is 34.6 Å². The predicted octanol–water partition coefficient (Wildman–Crippen LogP) is 3.25. The van der Waals surface area contributed by atoms with Gasteiger partial charge in [0.2, 0.25) is 0 Å². The van der Waals surface area contributed by atoms with E-state index in [0.717, 1.165) is 25.7 Å². The second-order valence-corrected chi connectivity index (χ2v) is 10.2. The van der Waals surface area contributed by atoms with Gasteiger partial charge in [0.15, 0.2) is 9.84 Å². The lowest BCUT2D eigenvalue weighted by Crippen LogP contribution is -2.49. The second kappa shape index (κ2) is 6.78. The third-order valence-corrected chi connectivity index (χ3v) is 7.08.